The number of hydrogen-bond donors (Lipinski definition) is 1. The van der Waals surface area contributed by atoms with Gasteiger partial charge in [-0.1, -0.05) is 30.3 Å². The number of thiazole rings is 1. The van der Waals surface area contributed by atoms with Crippen LogP contribution in [-0.4, -0.2) is 21.4 Å². The lowest BCUT2D eigenvalue weighted by molar-refractivity contribution is -0.120. The van der Waals surface area contributed by atoms with E-state index in [0.717, 1.165) is 22.7 Å². The number of aryl methyl sites for hydroxylation is 1. The van der Waals surface area contributed by atoms with Crippen molar-refractivity contribution >= 4 is 23.2 Å². The Kier molecular flexibility index (Phi) is 7.04. The molecule has 4 aromatic rings. The molecule has 0 fully saturated rings. The molecule has 0 saturated carbocycles. The second-order valence-electron chi connectivity index (χ2n) is 7.70. The van der Waals surface area contributed by atoms with Crippen LogP contribution in [0.5, 0.6) is 0 Å². The van der Waals surface area contributed by atoms with Gasteiger partial charge in [0.15, 0.2) is 0 Å². The number of hydrogen-bond acceptors (Lipinski definition) is 6. The highest BCUT2D eigenvalue weighted by molar-refractivity contribution is 7.09. The first-order valence-electron chi connectivity index (χ1n) is 10.6. The Hall–Kier alpha value is -3.65. The zero-order valence-corrected chi connectivity index (χ0v) is 19.4. The molecule has 0 saturated heterocycles. The lowest BCUT2D eigenvalue weighted by Crippen LogP contribution is -2.24. The van der Waals surface area contributed by atoms with Gasteiger partial charge in [-0.3, -0.25) is 4.79 Å². The molecule has 4 rings (SSSR count). The molecule has 3 heterocycles. The average molecular weight is 464 g/mol. The molecule has 0 atom stereocenters. The molecule has 0 unspecified atom stereocenters. The van der Waals surface area contributed by atoms with Crippen molar-refractivity contribution in [3.05, 3.63) is 99.2 Å². The molecule has 0 aliphatic rings. The van der Waals surface area contributed by atoms with E-state index in [1.54, 1.807) is 6.26 Å². The largest absolute Gasteiger partial charge is 0.467 e. The molecule has 33 heavy (non-hydrogen) atoms. The van der Waals surface area contributed by atoms with Gasteiger partial charge in [-0.25, -0.2) is 9.78 Å². The number of benzene rings is 1. The fraction of sp³-hybridized carbons (Fsp3) is 0.240. The number of ether oxygens (including phenoxy) is 1. The highest BCUT2D eigenvalue weighted by Crippen LogP contribution is 2.19. The van der Waals surface area contributed by atoms with Crippen LogP contribution in [0.1, 0.15) is 43.8 Å². The zero-order valence-electron chi connectivity index (χ0n) is 18.5. The third-order valence-electron chi connectivity index (χ3n) is 5.28. The molecule has 170 valence electrons. The third kappa shape index (κ3) is 5.78. The van der Waals surface area contributed by atoms with E-state index in [2.05, 4.69) is 10.3 Å². The van der Waals surface area contributed by atoms with Gasteiger partial charge in [0, 0.05) is 23.3 Å². The summed E-state index contributed by atoms with van der Waals surface area (Å²) in [5, 5.41) is 5.39. The summed E-state index contributed by atoms with van der Waals surface area (Å²) in [5.41, 5.74) is 3.97. The maximum atomic E-state index is 12.7. The lowest BCUT2D eigenvalue weighted by atomic mass is 10.2. The van der Waals surface area contributed by atoms with Crippen molar-refractivity contribution < 1.29 is 18.7 Å². The molecule has 0 aliphatic carbocycles. The Labute approximate surface area is 196 Å². The summed E-state index contributed by atoms with van der Waals surface area (Å²) in [6, 6.07) is 15.3. The minimum atomic E-state index is -0.399. The molecule has 0 spiro atoms. The van der Waals surface area contributed by atoms with Crippen LogP contribution in [0.2, 0.25) is 0 Å². The Bertz CT molecular complexity index is 1230. The van der Waals surface area contributed by atoms with Crippen molar-refractivity contribution in [3.63, 3.8) is 0 Å². The molecular formula is C25H25N3O4S. The highest BCUT2D eigenvalue weighted by atomic mass is 32.1. The molecular weight excluding hydrogens is 438 g/mol. The van der Waals surface area contributed by atoms with E-state index in [9.17, 15) is 9.59 Å². The number of rotatable bonds is 9. The van der Waals surface area contributed by atoms with Gasteiger partial charge in [-0.15, -0.1) is 11.3 Å². The average Bonchev–Trinajstić information content (AvgIpc) is 3.55. The maximum Gasteiger partial charge on any atom is 0.340 e. The molecule has 1 amide bonds. The van der Waals surface area contributed by atoms with E-state index < -0.39 is 5.97 Å². The van der Waals surface area contributed by atoms with E-state index >= 15 is 0 Å². The van der Waals surface area contributed by atoms with Gasteiger partial charge in [0.1, 0.15) is 17.4 Å². The second-order valence-corrected chi connectivity index (χ2v) is 8.64. The smallest absolute Gasteiger partial charge is 0.340 e. The van der Waals surface area contributed by atoms with Crippen LogP contribution >= 0.6 is 11.3 Å². The van der Waals surface area contributed by atoms with Crippen LogP contribution in [0.3, 0.4) is 0 Å². The van der Waals surface area contributed by atoms with Crippen LogP contribution in [0.25, 0.3) is 0 Å². The standard InChI is InChI=1S/C25H25N3O4S/c1-17-11-22(18(2)28(17)14-21-9-6-10-31-21)25(30)32-15-20-16-33-24(27-20)12-23(29)26-13-19-7-4-3-5-8-19/h3-11,16H,12-15H2,1-2H3,(H,26,29). The molecule has 7 nitrogen and oxygen atoms in total. The third-order valence-corrected chi connectivity index (χ3v) is 6.18. The number of carbonyl (C=O) groups is 2. The number of nitrogens with zero attached hydrogens (tertiary/aromatic N) is 2. The van der Waals surface area contributed by atoms with Gasteiger partial charge < -0.3 is 19.0 Å². The Balaban J connectivity index is 1.29. The van der Waals surface area contributed by atoms with Crippen LogP contribution < -0.4 is 5.32 Å². The summed E-state index contributed by atoms with van der Waals surface area (Å²) in [7, 11) is 0. The maximum absolute atomic E-state index is 12.7. The van der Waals surface area contributed by atoms with E-state index in [1.807, 2.05) is 72.3 Å². The predicted molar refractivity (Wildman–Crippen MR) is 125 cm³/mol. The molecule has 8 heteroatoms. The first-order chi connectivity index (χ1) is 16.0. The summed E-state index contributed by atoms with van der Waals surface area (Å²) in [5.74, 6) is 0.323. The summed E-state index contributed by atoms with van der Waals surface area (Å²) in [6.45, 7) is 4.93. The fourth-order valence-electron chi connectivity index (χ4n) is 3.52. The second kappa shape index (κ2) is 10.3. The van der Waals surface area contributed by atoms with Crippen molar-refractivity contribution in [2.75, 3.05) is 0 Å². The van der Waals surface area contributed by atoms with E-state index in [4.69, 9.17) is 9.15 Å². The highest BCUT2D eigenvalue weighted by Gasteiger charge is 2.18. The van der Waals surface area contributed by atoms with Gasteiger partial charge >= 0.3 is 5.97 Å². The lowest BCUT2D eigenvalue weighted by Gasteiger charge is -2.08. The Morgan fingerprint density at radius 3 is 2.73 bits per heavy atom. The summed E-state index contributed by atoms with van der Waals surface area (Å²) < 4.78 is 12.9. The summed E-state index contributed by atoms with van der Waals surface area (Å²) in [6.07, 6.45) is 1.83. The van der Waals surface area contributed by atoms with Gasteiger partial charge in [0.05, 0.1) is 30.5 Å². The fourth-order valence-corrected chi connectivity index (χ4v) is 4.30. The molecule has 3 aromatic heterocycles. The zero-order chi connectivity index (χ0) is 23.2. The van der Waals surface area contributed by atoms with Crippen LogP contribution in [0.15, 0.2) is 64.6 Å². The Morgan fingerprint density at radius 2 is 1.97 bits per heavy atom. The summed E-state index contributed by atoms with van der Waals surface area (Å²) in [4.78, 5) is 29.3. The van der Waals surface area contributed by atoms with Crippen molar-refractivity contribution in [2.24, 2.45) is 0 Å². The quantitative estimate of drug-likeness (QED) is 0.372. The van der Waals surface area contributed by atoms with Gasteiger partial charge in [-0.2, -0.15) is 0 Å². The molecule has 0 aliphatic heterocycles. The number of carbonyl (C=O) groups excluding carboxylic acids is 2. The number of amides is 1. The Morgan fingerprint density at radius 1 is 1.15 bits per heavy atom. The summed E-state index contributed by atoms with van der Waals surface area (Å²) >= 11 is 1.38. The predicted octanol–water partition coefficient (Wildman–Crippen LogP) is 4.42. The first-order valence-corrected chi connectivity index (χ1v) is 11.5. The number of furan rings is 1. The SMILES string of the molecule is Cc1cc(C(=O)OCc2csc(CC(=O)NCc3ccccc3)n2)c(C)n1Cc1ccco1. The van der Waals surface area contributed by atoms with Gasteiger partial charge in [-0.05, 0) is 37.6 Å². The van der Waals surface area contributed by atoms with Crippen molar-refractivity contribution in [2.45, 2.75) is 40.0 Å². The topological polar surface area (TPSA) is 86.4 Å². The minimum Gasteiger partial charge on any atom is -0.467 e. The number of aromatic nitrogens is 2. The van der Waals surface area contributed by atoms with E-state index in [0.29, 0.717) is 29.4 Å². The van der Waals surface area contributed by atoms with Crippen molar-refractivity contribution in [1.29, 1.82) is 0 Å². The molecule has 1 aromatic carbocycles. The van der Waals surface area contributed by atoms with Crippen LogP contribution in [0, 0.1) is 13.8 Å². The first kappa shape index (κ1) is 22.5. The minimum absolute atomic E-state index is 0.0584. The van der Waals surface area contributed by atoms with Gasteiger partial charge in [0.25, 0.3) is 0 Å². The van der Waals surface area contributed by atoms with E-state index in [-0.39, 0.29) is 18.9 Å². The van der Waals surface area contributed by atoms with E-state index in [1.165, 1.54) is 11.3 Å². The monoisotopic (exact) mass is 463 g/mol. The number of esters is 1. The van der Waals surface area contributed by atoms with Crippen molar-refractivity contribution in [1.82, 2.24) is 14.9 Å². The van der Waals surface area contributed by atoms with Crippen LogP contribution in [0.4, 0.5) is 0 Å². The molecule has 0 radical (unpaired) electrons. The molecule has 1 N–H and O–H groups in total. The van der Waals surface area contributed by atoms with Crippen molar-refractivity contribution in [3.8, 4) is 0 Å². The van der Waals surface area contributed by atoms with Crippen LogP contribution in [-0.2, 0) is 35.6 Å². The molecule has 0 bridgehead atoms. The normalized spacial score (nSPS) is 10.8. The number of nitrogens with one attached hydrogen (secondary N) is 1. The van der Waals surface area contributed by atoms with Gasteiger partial charge in [0.2, 0.25) is 5.91 Å².